The summed E-state index contributed by atoms with van der Waals surface area (Å²) in [4.78, 5) is 6.87. The van der Waals surface area contributed by atoms with Crippen LogP contribution in [0, 0.1) is 9.90 Å². The van der Waals surface area contributed by atoms with Gasteiger partial charge in [0.15, 0.2) is 6.33 Å². The van der Waals surface area contributed by atoms with Crippen LogP contribution in [-0.2, 0) is 17.8 Å². The zero-order valence-corrected chi connectivity index (χ0v) is 11.6. The zero-order chi connectivity index (χ0) is 11.9. The van der Waals surface area contributed by atoms with E-state index in [2.05, 4.69) is 63.2 Å². The van der Waals surface area contributed by atoms with Gasteiger partial charge in [-0.05, 0) is 53.1 Å². The highest BCUT2D eigenvalue weighted by molar-refractivity contribution is 14.1. The molecule has 2 aromatic rings. The van der Waals surface area contributed by atoms with Gasteiger partial charge in [-0.1, -0.05) is 12.1 Å². The number of aromatic nitrogens is 2. The van der Waals surface area contributed by atoms with E-state index in [0.717, 1.165) is 25.1 Å². The van der Waals surface area contributed by atoms with Gasteiger partial charge in [-0.25, -0.2) is 4.98 Å². The van der Waals surface area contributed by atoms with E-state index in [1.807, 2.05) is 6.20 Å². The highest BCUT2D eigenvalue weighted by Crippen LogP contribution is 2.08. The number of hydrogen-bond acceptors (Lipinski definition) is 2. The third-order valence-electron chi connectivity index (χ3n) is 2.41. The quantitative estimate of drug-likeness (QED) is 0.648. The Kier molecular flexibility index (Phi) is 5.00. The summed E-state index contributed by atoms with van der Waals surface area (Å²) >= 11 is 2.30. The Morgan fingerprint density at radius 2 is 2.12 bits per heavy atom. The molecule has 0 saturated carbocycles. The van der Waals surface area contributed by atoms with Crippen LogP contribution in [0.15, 0.2) is 30.5 Å². The smallest absolute Gasteiger partial charge is 0.173 e. The minimum atomic E-state index is 0.684. The molecule has 3 nitrogen and oxygen atoms in total. The molecule has 0 aliphatic rings. The summed E-state index contributed by atoms with van der Waals surface area (Å²) < 4.78 is 6.86. The minimum Gasteiger partial charge on any atom is -0.377 e. The predicted octanol–water partition coefficient (Wildman–Crippen LogP) is 2.96. The van der Waals surface area contributed by atoms with Gasteiger partial charge in [-0.2, -0.15) is 0 Å². The third kappa shape index (κ3) is 4.47. The second kappa shape index (κ2) is 6.76. The van der Waals surface area contributed by atoms with E-state index in [4.69, 9.17) is 4.74 Å². The number of H-pyrrole nitrogens is 1. The molecule has 0 spiro atoms. The molecule has 4 heteroatoms. The molecule has 0 unspecified atom stereocenters. The predicted molar refractivity (Wildman–Crippen MR) is 74.6 cm³/mol. The van der Waals surface area contributed by atoms with E-state index in [1.54, 1.807) is 0 Å². The molecular weight excluding hydrogens is 327 g/mol. The monoisotopic (exact) mass is 341 g/mol. The number of nitrogens with zero attached hydrogens (tertiary/aromatic N) is 1. The Bertz CT molecular complexity index is 425. The number of imidazole rings is 1. The van der Waals surface area contributed by atoms with Crippen molar-refractivity contribution < 1.29 is 4.74 Å². The summed E-state index contributed by atoms with van der Waals surface area (Å²) in [6.45, 7) is 1.45. The Morgan fingerprint density at radius 1 is 1.29 bits per heavy atom. The first-order chi connectivity index (χ1) is 8.34. The molecule has 1 aromatic heterocycles. The van der Waals surface area contributed by atoms with Crippen molar-refractivity contribution in [3.8, 4) is 0 Å². The van der Waals surface area contributed by atoms with Crippen molar-refractivity contribution in [2.45, 2.75) is 19.4 Å². The van der Waals surface area contributed by atoms with Crippen LogP contribution in [-0.4, -0.2) is 16.6 Å². The van der Waals surface area contributed by atoms with Crippen molar-refractivity contribution in [2.24, 2.45) is 0 Å². The van der Waals surface area contributed by atoms with Crippen molar-refractivity contribution >= 4 is 22.6 Å². The first-order valence-electron chi connectivity index (χ1n) is 5.57. The number of nitrogens with one attached hydrogen (secondary N) is 1. The fraction of sp³-hybridized carbons (Fsp3) is 0.308. The first kappa shape index (κ1) is 12.6. The topological polar surface area (TPSA) is 37.9 Å². The van der Waals surface area contributed by atoms with Crippen LogP contribution in [0.1, 0.15) is 17.7 Å². The molecule has 0 aliphatic carbocycles. The van der Waals surface area contributed by atoms with Crippen LogP contribution in [0.25, 0.3) is 0 Å². The van der Waals surface area contributed by atoms with Crippen molar-refractivity contribution in [3.63, 3.8) is 0 Å². The normalized spacial score (nSPS) is 10.6. The van der Waals surface area contributed by atoms with Crippen molar-refractivity contribution in [3.05, 3.63) is 51.6 Å². The van der Waals surface area contributed by atoms with Gasteiger partial charge in [0.2, 0.25) is 0 Å². The Hall–Kier alpha value is -0.880. The largest absolute Gasteiger partial charge is 0.377 e. The number of hydrogen-bond donors (Lipinski definition) is 1. The summed E-state index contributed by atoms with van der Waals surface area (Å²) in [5.41, 5.74) is 2.27. The number of aryl methyl sites for hydroxylation is 1. The second-order valence-corrected chi connectivity index (χ2v) is 5.03. The van der Waals surface area contributed by atoms with Crippen LogP contribution >= 0.6 is 22.6 Å². The molecule has 1 N–H and O–H groups in total. The van der Waals surface area contributed by atoms with Gasteiger partial charge in [-0.15, -0.1) is 0 Å². The lowest BCUT2D eigenvalue weighted by Crippen LogP contribution is -1.97. The number of rotatable bonds is 6. The third-order valence-corrected chi connectivity index (χ3v) is 3.13. The second-order valence-electron chi connectivity index (χ2n) is 3.79. The van der Waals surface area contributed by atoms with E-state index in [9.17, 15) is 0 Å². The fourth-order valence-corrected chi connectivity index (χ4v) is 1.87. The average molecular weight is 341 g/mol. The lowest BCUT2D eigenvalue weighted by Gasteiger charge is -2.03. The van der Waals surface area contributed by atoms with Crippen LogP contribution < -0.4 is 0 Å². The fourth-order valence-electron chi connectivity index (χ4n) is 1.51. The zero-order valence-electron chi connectivity index (χ0n) is 9.45. The summed E-state index contributed by atoms with van der Waals surface area (Å²) in [7, 11) is 0. The number of benzene rings is 1. The maximum Gasteiger partial charge on any atom is 0.173 e. The van der Waals surface area contributed by atoms with Crippen LogP contribution in [0.3, 0.4) is 0 Å². The molecule has 89 valence electrons. The Balaban J connectivity index is 1.61. The summed E-state index contributed by atoms with van der Waals surface area (Å²) in [5.74, 6) is 0. The molecule has 0 amide bonds. The summed E-state index contributed by atoms with van der Waals surface area (Å²) in [5, 5.41) is 0. The van der Waals surface area contributed by atoms with Crippen molar-refractivity contribution in [1.82, 2.24) is 9.97 Å². The van der Waals surface area contributed by atoms with Gasteiger partial charge in [0.05, 0.1) is 12.3 Å². The molecule has 1 radical (unpaired) electrons. The molecular formula is C13H14IN2O. The standard InChI is InChI=1S/C13H14IN2O/c14-12-5-3-11(4-6-12)9-17-7-1-2-13-8-15-10-16-13/h3-6,8H,1-2,7,9H2,(H,15,16). The van der Waals surface area contributed by atoms with Gasteiger partial charge < -0.3 is 9.72 Å². The van der Waals surface area contributed by atoms with Gasteiger partial charge in [-0.3, -0.25) is 0 Å². The van der Waals surface area contributed by atoms with E-state index in [-0.39, 0.29) is 0 Å². The number of halogens is 1. The average Bonchev–Trinajstić information content (AvgIpc) is 2.84. The van der Waals surface area contributed by atoms with Gasteiger partial charge in [0.1, 0.15) is 0 Å². The SMILES string of the molecule is Ic1ccc(COCCCc2c[nH][c]n2)cc1. The summed E-state index contributed by atoms with van der Waals surface area (Å²) in [6, 6.07) is 8.40. The van der Waals surface area contributed by atoms with Crippen molar-refractivity contribution in [1.29, 1.82) is 0 Å². The lowest BCUT2D eigenvalue weighted by atomic mass is 10.2. The molecule has 0 saturated heterocycles. The molecule has 0 bridgehead atoms. The highest BCUT2D eigenvalue weighted by Gasteiger charge is 1.96. The maximum absolute atomic E-state index is 5.61. The van der Waals surface area contributed by atoms with E-state index in [1.165, 1.54) is 9.13 Å². The molecule has 0 aliphatic heterocycles. The van der Waals surface area contributed by atoms with E-state index in [0.29, 0.717) is 6.61 Å². The van der Waals surface area contributed by atoms with Gasteiger partial charge in [0.25, 0.3) is 0 Å². The molecule has 0 fully saturated rings. The maximum atomic E-state index is 5.61. The molecule has 1 heterocycles. The highest BCUT2D eigenvalue weighted by atomic mass is 127. The number of aromatic amines is 1. The van der Waals surface area contributed by atoms with Gasteiger partial charge in [0, 0.05) is 16.4 Å². The van der Waals surface area contributed by atoms with Crippen LogP contribution in [0.4, 0.5) is 0 Å². The van der Waals surface area contributed by atoms with Gasteiger partial charge >= 0.3 is 0 Å². The van der Waals surface area contributed by atoms with E-state index < -0.39 is 0 Å². The van der Waals surface area contributed by atoms with Crippen LogP contribution in [0.5, 0.6) is 0 Å². The summed E-state index contributed by atoms with van der Waals surface area (Å²) in [6.07, 6.45) is 6.49. The lowest BCUT2D eigenvalue weighted by molar-refractivity contribution is 0.118. The van der Waals surface area contributed by atoms with Crippen molar-refractivity contribution in [2.75, 3.05) is 6.61 Å². The van der Waals surface area contributed by atoms with Crippen LogP contribution in [0.2, 0.25) is 0 Å². The minimum absolute atomic E-state index is 0.684. The van der Waals surface area contributed by atoms with E-state index >= 15 is 0 Å². The molecule has 2 rings (SSSR count). The Morgan fingerprint density at radius 3 is 2.82 bits per heavy atom. The molecule has 0 atom stereocenters. The molecule has 1 aromatic carbocycles. The first-order valence-corrected chi connectivity index (χ1v) is 6.65. The Labute approximate surface area is 115 Å². The molecule has 17 heavy (non-hydrogen) atoms. The number of ether oxygens (including phenoxy) is 1.